The first-order chi connectivity index (χ1) is 8.36. The number of hydrogen-bond acceptors (Lipinski definition) is 5. The van der Waals surface area contributed by atoms with E-state index in [4.69, 9.17) is 9.47 Å². The first-order valence-corrected chi connectivity index (χ1v) is 5.16. The van der Waals surface area contributed by atoms with Gasteiger partial charge in [0.25, 0.3) is 0 Å². The maximum absolute atomic E-state index is 12.6. The maximum atomic E-state index is 12.6. The van der Waals surface area contributed by atoms with Gasteiger partial charge in [0.1, 0.15) is 6.10 Å². The Morgan fingerprint density at radius 3 is 2.56 bits per heavy atom. The highest BCUT2D eigenvalue weighted by molar-refractivity contribution is 5.31. The molecule has 1 atom stereocenters. The largest absolute Gasteiger partial charge is 0.472 e. The van der Waals surface area contributed by atoms with Crippen molar-refractivity contribution >= 4 is 5.95 Å². The molecule has 0 saturated carbocycles. The molecule has 0 radical (unpaired) electrons. The fraction of sp³-hybridized carbons (Fsp3) is 0.600. The molecule has 0 aliphatic rings. The van der Waals surface area contributed by atoms with Gasteiger partial charge in [0.05, 0.1) is 6.61 Å². The highest BCUT2D eigenvalue weighted by atomic mass is 19.4. The van der Waals surface area contributed by atoms with Gasteiger partial charge in [-0.1, -0.05) is 0 Å². The van der Waals surface area contributed by atoms with Crippen LogP contribution in [0.25, 0.3) is 0 Å². The van der Waals surface area contributed by atoms with Gasteiger partial charge in [0.15, 0.2) is 5.69 Å². The predicted molar refractivity (Wildman–Crippen MR) is 58.5 cm³/mol. The van der Waals surface area contributed by atoms with E-state index in [9.17, 15) is 13.2 Å². The van der Waals surface area contributed by atoms with Crippen LogP contribution in [0, 0.1) is 0 Å². The number of nitrogens with one attached hydrogen (secondary N) is 1. The fourth-order valence-corrected chi connectivity index (χ4v) is 1.22. The molecule has 0 spiro atoms. The molecule has 8 heteroatoms. The summed E-state index contributed by atoms with van der Waals surface area (Å²) in [6.45, 7) is 1.91. The van der Waals surface area contributed by atoms with E-state index < -0.39 is 18.0 Å². The van der Waals surface area contributed by atoms with Crippen molar-refractivity contribution < 1.29 is 22.6 Å². The van der Waals surface area contributed by atoms with Gasteiger partial charge in [-0.15, -0.1) is 0 Å². The molecule has 1 aromatic heterocycles. The number of hydrogen-bond donors (Lipinski definition) is 1. The van der Waals surface area contributed by atoms with Crippen molar-refractivity contribution in [2.45, 2.75) is 19.2 Å². The lowest BCUT2D eigenvalue weighted by Gasteiger charge is -2.15. The average Bonchev–Trinajstić information content (AvgIpc) is 2.27. The van der Waals surface area contributed by atoms with Crippen molar-refractivity contribution in [3.05, 3.63) is 11.8 Å². The number of aromatic nitrogens is 2. The molecule has 0 aliphatic heterocycles. The summed E-state index contributed by atoms with van der Waals surface area (Å²) in [7, 11) is 2.90. The van der Waals surface area contributed by atoms with Crippen LogP contribution in [0.1, 0.15) is 12.6 Å². The van der Waals surface area contributed by atoms with E-state index in [0.29, 0.717) is 0 Å². The molecular weight excluding hydrogens is 251 g/mol. The first-order valence-electron chi connectivity index (χ1n) is 5.16. The number of anilines is 1. The van der Waals surface area contributed by atoms with Crippen molar-refractivity contribution in [1.29, 1.82) is 0 Å². The highest BCUT2D eigenvalue weighted by Gasteiger charge is 2.34. The zero-order valence-corrected chi connectivity index (χ0v) is 10.2. The van der Waals surface area contributed by atoms with E-state index in [1.165, 1.54) is 14.2 Å². The molecule has 0 fully saturated rings. The molecule has 1 N–H and O–H groups in total. The van der Waals surface area contributed by atoms with Crippen molar-refractivity contribution in [2.24, 2.45) is 0 Å². The molecule has 0 saturated heterocycles. The molecule has 1 rings (SSSR count). The van der Waals surface area contributed by atoms with E-state index >= 15 is 0 Å². The normalized spacial score (nSPS) is 13.2. The van der Waals surface area contributed by atoms with Crippen LogP contribution in [0.15, 0.2) is 6.07 Å². The fourth-order valence-electron chi connectivity index (χ4n) is 1.22. The Bertz CT molecular complexity index is 398. The number of alkyl halides is 3. The minimum Gasteiger partial charge on any atom is -0.472 e. The van der Waals surface area contributed by atoms with Crippen molar-refractivity contribution in [1.82, 2.24) is 9.97 Å². The summed E-state index contributed by atoms with van der Waals surface area (Å²) in [5.74, 6) is -0.296. The van der Waals surface area contributed by atoms with Gasteiger partial charge >= 0.3 is 6.18 Å². The number of nitrogens with zero attached hydrogens (tertiary/aromatic N) is 2. The highest BCUT2D eigenvalue weighted by Crippen LogP contribution is 2.30. The Labute approximate surface area is 102 Å². The van der Waals surface area contributed by atoms with Gasteiger partial charge in [-0.2, -0.15) is 18.2 Å². The lowest BCUT2D eigenvalue weighted by Crippen LogP contribution is -2.20. The molecule has 1 unspecified atom stereocenters. The topological polar surface area (TPSA) is 56.3 Å². The summed E-state index contributed by atoms with van der Waals surface area (Å²) in [6, 6.07) is 0.757. The summed E-state index contributed by atoms with van der Waals surface area (Å²) in [5.41, 5.74) is -1.05. The molecule has 0 bridgehead atoms. The van der Waals surface area contributed by atoms with Crippen LogP contribution in [0.3, 0.4) is 0 Å². The SMILES string of the molecule is CNc1nc(OC(C)COC)cc(C(F)(F)F)n1. The number of methoxy groups -OCH3 is 1. The first kappa shape index (κ1) is 14.5. The Morgan fingerprint density at radius 1 is 1.39 bits per heavy atom. The monoisotopic (exact) mass is 265 g/mol. The zero-order chi connectivity index (χ0) is 13.8. The van der Waals surface area contributed by atoms with E-state index in [2.05, 4.69) is 15.3 Å². The summed E-state index contributed by atoms with van der Waals surface area (Å²) in [6.07, 6.45) is -4.95. The van der Waals surface area contributed by atoms with Gasteiger partial charge in [-0.3, -0.25) is 0 Å². The van der Waals surface area contributed by atoms with Crippen LogP contribution in [0.2, 0.25) is 0 Å². The zero-order valence-electron chi connectivity index (χ0n) is 10.2. The molecule has 102 valence electrons. The van der Waals surface area contributed by atoms with E-state index in [1.54, 1.807) is 6.92 Å². The third kappa shape index (κ3) is 4.02. The molecule has 1 heterocycles. The van der Waals surface area contributed by atoms with Gasteiger partial charge in [-0.05, 0) is 6.92 Å². The summed E-state index contributed by atoms with van der Waals surface area (Å²) >= 11 is 0. The van der Waals surface area contributed by atoms with Crippen LogP contribution in [0.4, 0.5) is 19.1 Å². The maximum Gasteiger partial charge on any atom is 0.433 e. The van der Waals surface area contributed by atoms with Crippen LogP contribution < -0.4 is 10.1 Å². The summed E-state index contributed by atoms with van der Waals surface area (Å²) in [5, 5.41) is 2.45. The molecule has 0 amide bonds. The van der Waals surface area contributed by atoms with Gasteiger partial charge in [0.2, 0.25) is 11.8 Å². The van der Waals surface area contributed by atoms with Crippen LogP contribution in [-0.2, 0) is 10.9 Å². The van der Waals surface area contributed by atoms with Crippen LogP contribution in [0.5, 0.6) is 5.88 Å². The Balaban J connectivity index is 2.97. The minimum atomic E-state index is -4.54. The lowest BCUT2D eigenvalue weighted by atomic mass is 10.4. The minimum absolute atomic E-state index is 0.147. The second kappa shape index (κ2) is 5.85. The van der Waals surface area contributed by atoms with E-state index in [-0.39, 0.29) is 18.4 Å². The second-order valence-electron chi connectivity index (χ2n) is 3.55. The third-order valence-corrected chi connectivity index (χ3v) is 1.94. The number of rotatable bonds is 5. The van der Waals surface area contributed by atoms with Crippen molar-refractivity contribution in [2.75, 3.05) is 26.1 Å². The van der Waals surface area contributed by atoms with Crippen LogP contribution >= 0.6 is 0 Å². The molecule has 0 aromatic carbocycles. The number of halogens is 3. The van der Waals surface area contributed by atoms with E-state index in [0.717, 1.165) is 6.07 Å². The molecule has 18 heavy (non-hydrogen) atoms. The Hall–Kier alpha value is -1.57. The quantitative estimate of drug-likeness (QED) is 0.881. The number of ether oxygens (including phenoxy) is 2. The van der Waals surface area contributed by atoms with Gasteiger partial charge < -0.3 is 14.8 Å². The van der Waals surface area contributed by atoms with Gasteiger partial charge in [0, 0.05) is 20.2 Å². The molecule has 5 nitrogen and oxygen atoms in total. The molecule has 1 aromatic rings. The van der Waals surface area contributed by atoms with Gasteiger partial charge in [-0.25, -0.2) is 4.98 Å². The predicted octanol–water partition coefficient (Wildman–Crippen LogP) is 1.95. The lowest BCUT2D eigenvalue weighted by molar-refractivity contribution is -0.141. The average molecular weight is 265 g/mol. The molecule has 0 aliphatic carbocycles. The summed E-state index contributed by atoms with van der Waals surface area (Å²) in [4.78, 5) is 7.11. The van der Waals surface area contributed by atoms with Crippen molar-refractivity contribution in [3.63, 3.8) is 0 Å². The molecular formula is C10H14F3N3O2. The summed E-state index contributed by atoms with van der Waals surface area (Å²) < 4.78 is 47.8. The van der Waals surface area contributed by atoms with E-state index in [1.807, 2.05) is 0 Å². The standard InChI is InChI=1S/C10H14F3N3O2/c1-6(5-17-3)18-8-4-7(10(11,12)13)15-9(14-2)16-8/h4,6H,5H2,1-3H3,(H,14,15,16). The Kier molecular flexibility index (Phi) is 4.71. The Morgan fingerprint density at radius 2 is 2.06 bits per heavy atom. The van der Waals surface area contributed by atoms with Crippen molar-refractivity contribution in [3.8, 4) is 5.88 Å². The smallest absolute Gasteiger partial charge is 0.433 e. The third-order valence-electron chi connectivity index (χ3n) is 1.94. The van der Waals surface area contributed by atoms with Crippen LogP contribution in [-0.4, -0.2) is 36.8 Å². The second-order valence-corrected chi connectivity index (χ2v) is 3.55.